The van der Waals surface area contributed by atoms with E-state index in [2.05, 4.69) is 6.08 Å². The number of aliphatic hydroxyl groups is 1. The number of rotatable bonds is 4. The molecule has 0 aromatic heterocycles. The Bertz CT molecular complexity index is 529. The maximum absolute atomic E-state index is 10.5. The van der Waals surface area contributed by atoms with E-state index in [4.69, 9.17) is 18.3 Å². The van der Waals surface area contributed by atoms with Crippen LogP contribution in [-0.2, 0) is 14.2 Å². The molecule has 3 rings (SSSR count). The van der Waals surface area contributed by atoms with E-state index in [0.29, 0.717) is 6.61 Å². The fourth-order valence-corrected chi connectivity index (χ4v) is 3.44. The van der Waals surface area contributed by atoms with E-state index >= 15 is 0 Å². The monoisotopic (exact) mass is 285 g/mol. The van der Waals surface area contributed by atoms with E-state index < -0.39 is 35.7 Å². The summed E-state index contributed by atoms with van der Waals surface area (Å²) in [6, 6.07) is 0. The smallest absolute Gasteiger partial charge is 0.101 e. The van der Waals surface area contributed by atoms with Crippen LogP contribution in [0.1, 0.15) is 44.1 Å². The average Bonchev–Trinajstić information content (AvgIpc) is 3.33. The van der Waals surface area contributed by atoms with Crippen molar-refractivity contribution in [2.45, 2.75) is 69.5 Å². The summed E-state index contributed by atoms with van der Waals surface area (Å²) >= 11 is 0. The van der Waals surface area contributed by atoms with Crippen LogP contribution < -0.4 is 0 Å². The molecule has 3 aliphatic rings. The number of hydrogen-bond donors (Lipinski definition) is 1. The van der Waals surface area contributed by atoms with Gasteiger partial charge in [0.15, 0.2) is 0 Å². The van der Waals surface area contributed by atoms with Crippen molar-refractivity contribution in [3.63, 3.8) is 0 Å². The summed E-state index contributed by atoms with van der Waals surface area (Å²) in [5.74, 6) is -0.540. The van der Waals surface area contributed by atoms with Crippen LogP contribution in [0.15, 0.2) is 11.6 Å². The van der Waals surface area contributed by atoms with Gasteiger partial charge in [0, 0.05) is 9.85 Å². The summed E-state index contributed by atoms with van der Waals surface area (Å²) < 4.78 is 41.8. The second-order valence-corrected chi connectivity index (χ2v) is 6.48. The van der Waals surface area contributed by atoms with Gasteiger partial charge in [0.25, 0.3) is 0 Å². The maximum atomic E-state index is 10.5. The van der Waals surface area contributed by atoms with Crippen LogP contribution in [-0.4, -0.2) is 48.3 Å². The number of hydrogen-bond acceptors (Lipinski definition) is 4. The van der Waals surface area contributed by atoms with Gasteiger partial charge in [0.05, 0.1) is 37.8 Å². The highest BCUT2D eigenvalue weighted by Crippen LogP contribution is 2.59. The molecule has 2 saturated heterocycles. The molecule has 1 unspecified atom stereocenters. The second kappa shape index (κ2) is 4.80. The van der Waals surface area contributed by atoms with Gasteiger partial charge in [-0.2, -0.15) is 0 Å². The topological polar surface area (TPSA) is 54.5 Å². The molecule has 1 spiro atoms. The van der Waals surface area contributed by atoms with Gasteiger partial charge in [-0.1, -0.05) is 11.6 Å². The van der Waals surface area contributed by atoms with Crippen LogP contribution in [0.3, 0.4) is 0 Å². The van der Waals surface area contributed by atoms with Crippen LogP contribution in [0.2, 0.25) is 0 Å². The minimum atomic E-state index is -1.93. The molecule has 1 aliphatic carbocycles. The number of allylic oxidation sites excluding steroid dienone is 1. The Kier molecular flexibility index (Phi) is 2.69. The Labute approximate surface area is 125 Å². The first-order valence-corrected chi connectivity index (χ1v) is 7.20. The zero-order valence-electron chi connectivity index (χ0n) is 15.6. The Morgan fingerprint density at radius 3 is 2.85 bits per heavy atom. The van der Waals surface area contributed by atoms with Crippen molar-refractivity contribution in [2.75, 3.05) is 13.7 Å². The third-order valence-electron chi connectivity index (χ3n) is 4.72. The van der Waals surface area contributed by atoms with Crippen LogP contribution in [0.25, 0.3) is 0 Å². The minimum Gasteiger partial charge on any atom is -0.390 e. The Morgan fingerprint density at radius 1 is 1.60 bits per heavy atom. The van der Waals surface area contributed by atoms with Gasteiger partial charge < -0.3 is 19.3 Å². The van der Waals surface area contributed by atoms with E-state index in [9.17, 15) is 5.11 Å². The zero-order valence-corrected chi connectivity index (χ0v) is 12.6. The number of methoxy groups -OCH3 is 1. The molecule has 4 nitrogen and oxygen atoms in total. The van der Waals surface area contributed by atoms with Gasteiger partial charge in [-0.15, -0.1) is 0 Å². The molecule has 3 fully saturated rings. The third kappa shape index (κ3) is 2.23. The summed E-state index contributed by atoms with van der Waals surface area (Å²) in [7, 11) is 1.34. The standard InChI is InChI=1S/C16H26O4/c1-10(2)5-6-12-15(3,20-12)14-13(18-4)11(17)7-8-16(14)9-19-16/h5,11-14,17H,6-9H2,1-4H3/t11-,12-,13-,14-,15?,16+/m1/s1/i7D2,13D. The fraction of sp³-hybridized carbons (Fsp3) is 0.875. The first kappa shape index (κ1) is 11.2. The van der Waals surface area contributed by atoms with E-state index in [-0.39, 0.29) is 12.5 Å². The van der Waals surface area contributed by atoms with Gasteiger partial charge in [-0.25, -0.2) is 0 Å². The summed E-state index contributed by atoms with van der Waals surface area (Å²) in [6.07, 6.45) is -2.46. The predicted octanol–water partition coefficient (Wildman–Crippen LogP) is 2.06. The molecule has 114 valence electrons. The van der Waals surface area contributed by atoms with Crippen molar-refractivity contribution in [2.24, 2.45) is 5.92 Å². The largest absolute Gasteiger partial charge is 0.390 e. The highest BCUT2D eigenvalue weighted by Gasteiger charge is 2.71. The molecule has 0 bridgehead atoms. The van der Waals surface area contributed by atoms with Crippen molar-refractivity contribution in [3.8, 4) is 0 Å². The summed E-state index contributed by atoms with van der Waals surface area (Å²) in [5, 5.41) is 10.5. The average molecular weight is 285 g/mol. The van der Waals surface area contributed by atoms with Gasteiger partial charge in [-0.05, 0) is 40.0 Å². The zero-order chi connectivity index (χ0) is 17.3. The lowest BCUT2D eigenvalue weighted by Gasteiger charge is -2.41. The molecule has 1 saturated carbocycles. The molecule has 0 radical (unpaired) electrons. The molecule has 20 heavy (non-hydrogen) atoms. The lowest BCUT2D eigenvalue weighted by molar-refractivity contribution is -0.116. The van der Waals surface area contributed by atoms with Gasteiger partial charge >= 0.3 is 0 Å². The summed E-state index contributed by atoms with van der Waals surface area (Å²) in [4.78, 5) is 0. The maximum Gasteiger partial charge on any atom is 0.101 e. The molecule has 2 aliphatic heterocycles. The van der Waals surface area contributed by atoms with E-state index in [0.717, 1.165) is 6.42 Å². The summed E-state index contributed by atoms with van der Waals surface area (Å²) in [6.45, 7) is 6.34. The van der Waals surface area contributed by atoms with E-state index in [1.165, 1.54) is 12.7 Å². The summed E-state index contributed by atoms with van der Waals surface area (Å²) in [5.41, 5.74) is -0.240. The van der Waals surface area contributed by atoms with E-state index in [1.807, 2.05) is 20.8 Å². The van der Waals surface area contributed by atoms with E-state index in [1.54, 1.807) is 0 Å². The van der Waals surface area contributed by atoms with Crippen molar-refractivity contribution >= 4 is 0 Å². The van der Waals surface area contributed by atoms with Crippen molar-refractivity contribution in [1.82, 2.24) is 0 Å². The molecule has 0 aromatic rings. The quantitative estimate of drug-likeness (QED) is 0.634. The van der Waals surface area contributed by atoms with Gasteiger partial charge in [-0.3, -0.25) is 0 Å². The lowest BCUT2D eigenvalue weighted by atomic mass is 9.68. The minimum absolute atomic E-state index is 0.0597. The number of epoxide rings is 2. The van der Waals surface area contributed by atoms with Gasteiger partial charge in [0.2, 0.25) is 0 Å². The SMILES string of the molecule is [2H]C1([2H])C[C@]2(CO2)[C@@H](C2(C)O[C@@H]2CC=C(C)C)[C@]([2H])(OC)[C@@H]1O. The Morgan fingerprint density at radius 2 is 2.30 bits per heavy atom. The van der Waals surface area contributed by atoms with Crippen LogP contribution in [0, 0.1) is 5.92 Å². The van der Waals surface area contributed by atoms with Crippen molar-refractivity contribution in [1.29, 1.82) is 0 Å². The first-order chi connectivity index (χ1) is 10.5. The molecule has 0 aromatic carbocycles. The van der Waals surface area contributed by atoms with Crippen LogP contribution >= 0.6 is 0 Å². The molecular formula is C16H26O4. The Balaban J connectivity index is 1.92. The predicted molar refractivity (Wildman–Crippen MR) is 75.5 cm³/mol. The number of aliphatic hydroxyl groups excluding tert-OH is 1. The van der Waals surface area contributed by atoms with Crippen molar-refractivity contribution in [3.05, 3.63) is 11.6 Å². The number of ether oxygens (including phenoxy) is 3. The third-order valence-corrected chi connectivity index (χ3v) is 4.72. The normalized spacial score (nSPS) is 58.5. The second-order valence-electron chi connectivity index (χ2n) is 6.48. The molecule has 2 heterocycles. The molecule has 1 N–H and O–H groups in total. The highest BCUT2D eigenvalue weighted by atomic mass is 16.6. The molecule has 6 atom stereocenters. The molecule has 0 amide bonds. The van der Waals surface area contributed by atoms with Crippen molar-refractivity contribution < 1.29 is 23.4 Å². The fourth-order valence-electron chi connectivity index (χ4n) is 3.44. The van der Waals surface area contributed by atoms with Gasteiger partial charge in [0.1, 0.15) is 5.60 Å². The first-order valence-electron chi connectivity index (χ1n) is 8.70. The Hall–Kier alpha value is -0.420. The molecular weight excluding hydrogens is 256 g/mol. The van der Waals surface area contributed by atoms with Crippen LogP contribution in [0.5, 0.6) is 0 Å². The lowest BCUT2D eigenvalue weighted by Crippen LogP contribution is -2.54. The van der Waals surface area contributed by atoms with Crippen LogP contribution in [0.4, 0.5) is 0 Å². The molecule has 4 heteroatoms. The highest BCUT2D eigenvalue weighted by molar-refractivity contribution is 5.20.